The predicted octanol–water partition coefficient (Wildman–Crippen LogP) is 2.68. The minimum Gasteiger partial charge on any atom is -0.216 e. The van der Waals surface area contributed by atoms with Gasteiger partial charge in [0.2, 0.25) is 0 Å². The molecule has 0 nitrogen and oxygen atoms in total. The van der Waals surface area contributed by atoms with Gasteiger partial charge < -0.3 is 0 Å². The van der Waals surface area contributed by atoms with Crippen molar-refractivity contribution >= 4 is 0 Å². The minimum absolute atomic E-state index is 0.0947. The van der Waals surface area contributed by atoms with Gasteiger partial charge in [-0.05, 0) is 12.2 Å². The number of rotatable bonds is 3. The predicted molar refractivity (Wildman–Crippen MR) is 30.0 cm³/mol. The molecule has 52 valence electrons. The minimum atomic E-state index is -2.97. The van der Waals surface area contributed by atoms with Crippen LogP contribution in [0, 0.1) is 0 Å². The van der Waals surface area contributed by atoms with Crippen LogP contribution in [-0.4, -0.2) is 5.92 Å². The number of hydrogen-bond donors (Lipinski definition) is 0. The number of halogens is 3. The lowest BCUT2D eigenvalue weighted by atomic mass is 10.2. The molecule has 0 radical (unpaired) electrons. The van der Waals surface area contributed by atoms with E-state index in [9.17, 15) is 13.2 Å². The van der Waals surface area contributed by atoms with Crippen molar-refractivity contribution < 1.29 is 13.2 Å². The van der Waals surface area contributed by atoms with Crippen LogP contribution in [0.2, 0.25) is 0 Å². The Morgan fingerprint density at radius 2 is 2.00 bits per heavy atom. The standard InChI is InChI=1S/C6H7F3/c1-2-6(8,9)4-3-5-7/h2-3,5H,1,4H2. The quantitative estimate of drug-likeness (QED) is 0.523. The Kier molecular flexibility index (Phi) is 3.06. The zero-order chi connectivity index (χ0) is 7.33. The van der Waals surface area contributed by atoms with E-state index in [1.165, 1.54) is 0 Å². The van der Waals surface area contributed by atoms with Gasteiger partial charge in [0.15, 0.2) is 0 Å². The molecule has 0 unspecified atom stereocenters. The van der Waals surface area contributed by atoms with Crippen LogP contribution in [0.5, 0.6) is 0 Å². The Hall–Kier alpha value is -0.730. The molecule has 0 aliphatic carbocycles. The molecule has 0 saturated carbocycles. The van der Waals surface area contributed by atoms with Gasteiger partial charge in [0.1, 0.15) is 0 Å². The first-order valence-electron chi connectivity index (χ1n) is 2.39. The van der Waals surface area contributed by atoms with E-state index in [1.807, 2.05) is 0 Å². The molecule has 0 fully saturated rings. The molecule has 0 aliphatic heterocycles. The second kappa shape index (κ2) is 3.33. The van der Waals surface area contributed by atoms with Crippen molar-refractivity contribution in [3.63, 3.8) is 0 Å². The van der Waals surface area contributed by atoms with Crippen LogP contribution in [0.15, 0.2) is 25.1 Å². The summed E-state index contributed by atoms with van der Waals surface area (Å²) < 4.78 is 35.1. The third-order valence-corrected chi connectivity index (χ3v) is 0.778. The summed E-state index contributed by atoms with van der Waals surface area (Å²) in [6, 6.07) is 0. The van der Waals surface area contributed by atoms with E-state index in [1.54, 1.807) is 0 Å². The van der Waals surface area contributed by atoms with Gasteiger partial charge in [-0.15, -0.1) is 0 Å². The smallest absolute Gasteiger partial charge is 0.216 e. The first kappa shape index (κ1) is 8.27. The first-order chi connectivity index (χ1) is 4.12. The maximum absolute atomic E-state index is 12.0. The fourth-order valence-corrected chi connectivity index (χ4v) is 0.285. The van der Waals surface area contributed by atoms with Crippen LogP contribution in [-0.2, 0) is 0 Å². The lowest BCUT2D eigenvalue weighted by Crippen LogP contribution is -2.08. The number of allylic oxidation sites excluding steroid dienone is 2. The lowest BCUT2D eigenvalue weighted by molar-refractivity contribution is 0.0589. The average Bonchev–Trinajstić information content (AvgIpc) is 1.84. The molecule has 0 rings (SSSR count). The fraction of sp³-hybridized carbons (Fsp3) is 0.333. The van der Waals surface area contributed by atoms with Crippen LogP contribution in [0.4, 0.5) is 13.2 Å². The highest BCUT2D eigenvalue weighted by Gasteiger charge is 2.21. The Morgan fingerprint density at radius 3 is 2.33 bits per heavy atom. The van der Waals surface area contributed by atoms with Crippen LogP contribution >= 0.6 is 0 Å². The zero-order valence-corrected chi connectivity index (χ0v) is 4.78. The van der Waals surface area contributed by atoms with Gasteiger partial charge in [-0.1, -0.05) is 6.58 Å². The highest BCUT2D eigenvalue weighted by atomic mass is 19.3. The SMILES string of the molecule is C=CC(F)(F)CC=CF. The second-order valence-electron chi connectivity index (χ2n) is 1.53. The van der Waals surface area contributed by atoms with Gasteiger partial charge in [0.25, 0.3) is 5.92 Å². The van der Waals surface area contributed by atoms with Crippen molar-refractivity contribution in [2.24, 2.45) is 0 Å². The van der Waals surface area contributed by atoms with E-state index in [2.05, 4.69) is 6.58 Å². The normalized spacial score (nSPS) is 12.3. The van der Waals surface area contributed by atoms with Crippen molar-refractivity contribution in [3.8, 4) is 0 Å². The molecule has 0 atom stereocenters. The van der Waals surface area contributed by atoms with Gasteiger partial charge in [-0.3, -0.25) is 0 Å². The first-order valence-corrected chi connectivity index (χ1v) is 2.39. The Morgan fingerprint density at radius 1 is 1.44 bits per heavy atom. The molecule has 3 heteroatoms. The fourth-order valence-electron chi connectivity index (χ4n) is 0.285. The molecule has 0 saturated heterocycles. The van der Waals surface area contributed by atoms with Crippen LogP contribution < -0.4 is 0 Å². The van der Waals surface area contributed by atoms with Crippen LogP contribution in [0.25, 0.3) is 0 Å². The van der Waals surface area contributed by atoms with Crippen molar-refractivity contribution in [1.29, 1.82) is 0 Å². The summed E-state index contributed by atoms with van der Waals surface area (Å²) >= 11 is 0. The molecule has 0 N–H and O–H groups in total. The zero-order valence-electron chi connectivity index (χ0n) is 4.78. The summed E-state index contributed by atoms with van der Waals surface area (Å²) in [7, 11) is 0. The molecular formula is C6H7F3. The van der Waals surface area contributed by atoms with Crippen LogP contribution in [0.3, 0.4) is 0 Å². The summed E-state index contributed by atoms with van der Waals surface area (Å²) in [5.74, 6) is -2.97. The molecule has 0 aromatic carbocycles. The van der Waals surface area contributed by atoms with Gasteiger partial charge in [0.05, 0.1) is 6.33 Å². The summed E-state index contributed by atoms with van der Waals surface area (Å²) in [5, 5.41) is 0. The Balaban J connectivity index is 3.71. The second-order valence-corrected chi connectivity index (χ2v) is 1.53. The highest BCUT2D eigenvalue weighted by Crippen LogP contribution is 2.19. The van der Waals surface area contributed by atoms with E-state index < -0.39 is 12.3 Å². The maximum atomic E-state index is 12.0. The van der Waals surface area contributed by atoms with E-state index in [0.717, 1.165) is 6.08 Å². The third-order valence-electron chi connectivity index (χ3n) is 0.778. The molecule has 0 bridgehead atoms. The summed E-state index contributed by atoms with van der Waals surface area (Å²) in [6.45, 7) is 2.88. The van der Waals surface area contributed by atoms with Crippen LogP contribution in [0.1, 0.15) is 6.42 Å². The Labute approximate surface area is 51.7 Å². The molecule has 0 amide bonds. The van der Waals surface area contributed by atoms with Gasteiger partial charge in [-0.2, -0.15) is 0 Å². The summed E-state index contributed by atoms with van der Waals surface area (Å²) in [4.78, 5) is 0. The average molecular weight is 136 g/mol. The van der Waals surface area contributed by atoms with Gasteiger partial charge >= 0.3 is 0 Å². The maximum Gasteiger partial charge on any atom is 0.269 e. The molecule has 0 heterocycles. The molecule has 9 heavy (non-hydrogen) atoms. The molecule has 0 aliphatic rings. The summed E-state index contributed by atoms with van der Waals surface area (Å²) in [6.07, 6.45) is 0.721. The van der Waals surface area contributed by atoms with Gasteiger partial charge in [0, 0.05) is 6.42 Å². The summed E-state index contributed by atoms with van der Waals surface area (Å²) in [5.41, 5.74) is 0. The van der Waals surface area contributed by atoms with E-state index in [0.29, 0.717) is 6.08 Å². The van der Waals surface area contributed by atoms with E-state index in [-0.39, 0.29) is 6.33 Å². The van der Waals surface area contributed by atoms with Crippen molar-refractivity contribution in [1.82, 2.24) is 0 Å². The topological polar surface area (TPSA) is 0 Å². The van der Waals surface area contributed by atoms with E-state index in [4.69, 9.17) is 0 Å². The largest absolute Gasteiger partial charge is 0.269 e. The molecule has 0 spiro atoms. The van der Waals surface area contributed by atoms with Gasteiger partial charge in [-0.25, -0.2) is 13.2 Å². The number of alkyl halides is 2. The van der Waals surface area contributed by atoms with E-state index >= 15 is 0 Å². The van der Waals surface area contributed by atoms with Crippen molar-refractivity contribution in [3.05, 3.63) is 25.1 Å². The number of hydrogen-bond acceptors (Lipinski definition) is 0. The van der Waals surface area contributed by atoms with Crippen molar-refractivity contribution in [2.45, 2.75) is 12.3 Å². The Bertz CT molecular complexity index is 115. The highest BCUT2D eigenvalue weighted by molar-refractivity contribution is 4.93. The molecule has 0 aromatic rings. The third kappa shape index (κ3) is 3.82. The lowest BCUT2D eigenvalue weighted by Gasteiger charge is -2.05. The molecular weight excluding hydrogens is 129 g/mol. The monoisotopic (exact) mass is 136 g/mol. The van der Waals surface area contributed by atoms with Crippen molar-refractivity contribution in [2.75, 3.05) is 0 Å². The molecule has 0 aromatic heterocycles.